The number of aliphatic hydroxyl groups is 5. The lowest BCUT2D eigenvalue weighted by atomic mass is 9.99. The SMILES string of the molecule is CC/C=C\C/C=C\C/C=C\C/C=C\C/C=C\CCCC(=O)NC(COC1OC(CO)C(O)C(O)C1O)C(O)/C=C/CC/C=C/CCCCCCCCC. The maximum absolute atomic E-state index is 12.9. The summed E-state index contributed by atoms with van der Waals surface area (Å²) >= 11 is 0. The number of nitrogens with one attached hydrogen (secondary N) is 1. The van der Waals surface area contributed by atoms with E-state index < -0.39 is 49.5 Å². The fraction of sp³-hybridized carbons (Fsp3) is 0.659. The van der Waals surface area contributed by atoms with Gasteiger partial charge in [0.05, 0.1) is 25.4 Å². The molecule has 9 nitrogen and oxygen atoms in total. The molecule has 0 aromatic rings. The summed E-state index contributed by atoms with van der Waals surface area (Å²) in [6, 6.07) is -0.854. The molecule has 1 amide bonds. The van der Waals surface area contributed by atoms with Crippen LogP contribution in [-0.4, -0.2) is 87.5 Å². The lowest BCUT2D eigenvalue weighted by Crippen LogP contribution is -2.60. The van der Waals surface area contributed by atoms with Crippen molar-refractivity contribution in [3.8, 4) is 0 Å². The Balaban J connectivity index is 2.51. The first-order chi connectivity index (χ1) is 25.8. The molecule has 0 bridgehead atoms. The van der Waals surface area contributed by atoms with E-state index in [1.54, 1.807) is 6.08 Å². The Hall–Kier alpha value is -2.63. The number of ether oxygens (including phenoxy) is 2. The lowest BCUT2D eigenvalue weighted by Gasteiger charge is -2.40. The van der Waals surface area contributed by atoms with Crippen LogP contribution in [0.2, 0.25) is 0 Å². The van der Waals surface area contributed by atoms with Crippen LogP contribution in [0.5, 0.6) is 0 Å². The molecule has 6 N–H and O–H groups in total. The molecule has 0 aliphatic carbocycles. The Morgan fingerprint density at radius 3 is 1.81 bits per heavy atom. The number of rotatable bonds is 31. The van der Waals surface area contributed by atoms with Crippen LogP contribution in [0.1, 0.15) is 129 Å². The van der Waals surface area contributed by atoms with Crippen molar-refractivity contribution in [3.05, 3.63) is 85.1 Å². The largest absolute Gasteiger partial charge is 0.394 e. The van der Waals surface area contributed by atoms with Crippen LogP contribution < -0.4 is 5.32 Å². The molecule has 9 heteroatoms. The van der Waals surface area contributed by atoms with Gasteiger partial charge in [0.15, 0.2) is 6.29 Å². The summed E-state index contributed by atoms with van der Waals surface area (Å²) in [5.74, 6) is -0.250. The van der Waals surface area contributed by atoms with E-state index in [0.717, 1.165) is 57.8 Å². The van der Waals surface area contributed by atoms with E-state index in [1.165, 1.54) is 44.9 Å². The molecule has 53 heavy (non-hydrogen) atoms. The molecule has 1 heterocycles. The van der Waals surface area contributed by atoms with E-state index in [4.69, 9.17) is 9.47 Å². The van der Waals surface area contributed by atoms with Crippen molar-refractivity contribution in [1.29, 1.82) is 0 Å². The Bertz CT molecular complexity index is 1090. The van der Waals surface area contributed by atoms with Gasteiger partial charge in [0, 0.05) is 6.42 Å². The quantitative estimate of drug-likeness (QED) is 0.0314. The highest BCUT2D eigenvalue weighted by Crippen LogP contribution is 2.22. The molecule has 1 rings (SSSR count). The zero-order valence-corrected chi connectivity index (χ0v) is 32.7. The highest BCUT2D eigenvalue weighted by molar-refractivity contribution is 5.76. The van der Waals surface area contributed by atoms with Gasteiger partial charge in [-0.25, -0.2) is 0 Å². The number of allylic oxidation sites excluding steroid dienone is 13. The van der Waals surface area contributed by atoms with Crippen molar-refractivity contribution in [2.75, 3.05) is 13.2 Å². The fourth-order valence-electron chi connectivity index (χ4n) is 5.67. The third-order valence-corrected chi connectivity index (χ3v) is 8.95. The van der Waals surface area contributed by atoms with Crippen LogP contribution in [0.4, 0.5) is 0 Å². The highest BCUT2D eigenvalue weighted by Gasteiger charge is 2.44. The molecule has 0 aromatic heterocycles. The number of amides is 1. The third kappa shape index (κ3) is 25.1. The van der Waals surface area contributed by atoms with Gasteiger partial charge in [-0.3, -0.25) is 4.79 Å². The average Bonchev–Trinajstić information content (AvgIpc) is 3.16. The number of carbonyl (C=O) groups is 1. The van der Waals surface area contributed by atoms with E-state index in [1.807, 2.05) is 6.08 Å². The lowest BCUT2D eigenvalue weighted by molar-refractivity contribution is -0.302. The molecule has 0 saturated carbocycles. The minimum Gasteiger partial charge on any atom is -0.394 e. The second-order valence-corrected chi connectivity index (χ2v) is 13.7. The van der Waals surface area contributed by atoms with Crippen LogP contribution >= 0.6 is 0 Å². The van der Waals surface area contributed by atoms with Crippen LogP contribution in [0.15, 0.2) is 85.1 Å². The summed E-state index contributed by atoms with van der Waals surface area (Å²) in [6.45, 7) is 3.56. The molecule has 0 radical (unpaired) electrons. The maximum Gasteiger partial charge on any atom is 0.220 e. The topological polar surface area (TPSA) is 149 Å². The minimum atomic E-state index is -1.58. The number of aliphatic hydroxyl groups excluding tert-OH is 5. The smallest absolute Gasteiger partial charge is 0.220 e. The van der Waals surface area contributed by atoms with Gasteiger partial charge in [0.25, 0.3) is 0 Å². The van der Waals surface area contributed by atoms with Crippen molar-refractivity contribution in [2.45, 2.75) is 172 Å². The number of hydrogen-bond donors (Lipinski definition) is 6. The second kappa shape index (κ2) is 33.9. The van der Waals surface area contributed by atoms with Crippen molar-refractivity contribution in [1.82, 2.24) is 5.32 Å². The normalized spacial score (nSPS) is 22.6. The Morgan fingerprint density at radius 1 is 0.660 bits per heavy atom. The Kier molecular flexibility index (Phi) is 31.0. The number of hydrogen-bond acceptors (Lipinski definition) is 8. The van der Waals surface area contributed by atoms with Crippen molar-refractivity contribution < 1.29 is 39.8 Å². The molecule has 1 aliphatic rings. The molecule has 7 atom stereocenters. The van der Waals surface area contributed by atoms with Crippen LogP contribution in [-0.2, 0) is 14.3 Å². The second-order valence-electron chi connectivity index (χ2n) is 13.7. The van der Waals surface area contributed by atoms with E-state index in [0.29, 0.717) is 6.42 Å². The zero-order chi connectivity index (χ0) is 38.8. The van der Waals surface area contributed by atoms with Gasteiger partial charge in [-0.1, -0.05) is 137 Å². The zero-order valence-electron chi connectivity index (χ0n) is 32.7. The average molecular weight is 744 g/mol. The summed E-state index contributed by atoms with van der Waals surface area (Å²) in [6.07, 6.45) is 39.1. The van der Waals surface area contributed by atoms with E-state index in [2.05, 4.69) is 92.1 Å². The fourth-order valence-corrected chi connectivity index (χ4v) is 5.67. The summed E-state index contributed by atoms with van der Waals surface area (Å²) in [4.78, 5) is 12.9. The molecular weight excluding hydrogens is 670 g/mol. The predicted octanol–water partition coefficient (Wildman–Crippen LogP) is 7.60. The molecule has 0 aromatic carbocycles. The molecule has 7 unspecified atom stereocenters. The summed E-state index contributed by atoms with van der Waals surface area (Å²) in [5, 5.41) is 53.9. The molecule has 302 valence electrons. The Morgan fingerprint density at radius 2 is 1.19 bits per heavy atom. The molecule has 1 fully saturated rings. The van der Waals surface area contributed by atoms with Gasteiger partial charge in [-0.15, -0.1) is 0 Å². The maximum atomic E-state index is 12.9. The molecule has 1 aliphatic heterocycles. The summed E-state index contributed by atoms with van der Waals surface area (Å²) in [7, 11) is 0. The molecular formula is C44H73NO8. The summed E-state index contributed by atoms with van der Waals surface area (Å²) < 4.78 is 11.1. The van der Waals surface area contributed by atoms with E-state index in [9.17, 15) is 30.3 Å². The monoisotopic (exact) mass is 744 g/mol. The van der Waals surface area contributed by atoms with Gasteiger partial charge < -0.3 is 40.3 Å². The summed E-state index contributed by atoms with van der Waals surface area (Å²) in [5.41, 5.74) is 0. The standard InChI is InChI=1S/C44H73NO8/c1-3-5-7-9-11-13-15-17-18-19-20-22-24-26-28-30-32-34-40(48)45-37(36-52-44-43(51)42(50)41(49)39(35-46)53-44)38(47)33-31-29-27-25-23-21-16-14-12-10-8-6-4-2/h5,7,11,13,17-18,20,22-23,25-26,28,31,33,37-39,41-44,46-47,49-51H,3-4,6,8-10,12,14-16,19,21,24,27,29-30,32,34-36H2,1-2H3,(H,45,48)/b7-5-,13-11-,18-17-,22-20-,25-23+,28-26-,33-31+. The highest BCUT2D eigenvalue weighted by atomic mass is 16.7. The van der Waals surface area contributed by atoms with Gasteiger partial charge >= 0.3 is 0 Å². The third-order valence-electron chi connectivity index (χ3n) is 8.95. The minimum absolute atomic E-state index is 0.229. The molecule has 1 saturated heterocycles. The Labute approximate surface area is 321 Å². The van der Waals surface area contributed by atoms with Crippen LogP contribution in [0.25, 0.3) is 0 Å². The van der Waals surface area contributed by atoms with Crippen LogP contribution in [0, 0.1) is 0 Å². The number of carbonyl (C=O) groups excluding carboxylic acids is 1. The van der Waals surface area contributed by atoms with Crippen molar-refractivity contribution in [3.63, 3.8) is 0 Å². The van der Waals surface area contributed by atoms with E-state index in [-0.39, 0.29) is 18.9 Å². The first-order valence-electron chi connectivity index (χ1n) is 20.3. The van der Waals surface area contributed by atoms with Gasteiger partial charge in [0.2, 0.25) is 5.91 Å². The van der Waals surface area contributed by atoms with Gasteiger partial charge in [-0.05, 0) is 70.6 Å². The number of unbranched alkanes of at least 4 members (excludes halogenated alkanes) is 9. The first kappa shape index (κ1) is 48.4. The van der Waals surface area contributed by atoms with Crippen molar-refractivity contribution >= 4 is 5.91 Å². The van der Waals surface area contributed by atoms with Crippen LogP contribution in [0.3, 0.4) is 0 Å². The molecule has 0 spiro atoms. The van der Waals surface area contributed by atoms with Gasteiger partial charge in [0.1, 0.15) is 24.4 Å². The van der Waals surface area contributed by atoms with Gasteiger partial charge in [-0.2, -0.15) is 0 Å². The first-order valence-corrected chi connectivity index (χ1v) is 20.3. The predicted molar refractivity (Wildman–Crippen MR) is 216 cm³/mol. The van der Waals surface area contributed by atoms with Crippen molar-refractivity contribution in [2.24, 2.45) is 0 Å². The van der Waals surface area contributed by atoms with E-state index >= 15 is 0 Å².